The summed E-state index contributed by atoms with van der Waals surface area (Å²) < 4.78 is 0. The van der Waals surface area contributed by atoms with Crippen LogP contribution in [0.2, 0.25) is 0 Å². The number of para-hydroxylation sites is 1. The maximum Gasteiger partial charge on any atom is 0.567 e. The molecule has 0 unspecified atom stereocenters. The van der Waals surface area contributed by atoms with E-state index in [1.807, 2.05) is 0 Å². The van der Waals surface area contributed by atoms with Gasteiger partial charge >= 0.3 is 6.16 Å². The Kier molecular flexibility index (Phi) is 2.46. The van der Waals surface area contributed by atoms with Crippen LogP contribution in [0.1, 0.15) is 0 Å². The van der Waals surface area contributed by atoms with E-state index in [0.717, 1.165) is 4.85 Å². The van der Waals surface area contributed by atoms with Crippen molar-refractivity contribution < 1.29 is 19.4 Å². The fourth-order valence-electron chi connectivity index (χ4n) is 1.07. The normalized spacial score (nSPS) is 10.2. The standard InChI is InChI=1S/C8H7N3O4/c1-13-15-8(12)14-11-7-5-3-2-4-6(7)9-10-11/h2-5H,1H3. The third-order valence-corrected chi connectivity index (χ3v) is 1.63. The van der Waals surface area contributed by atoms with Crippen LogP contribution in [-0.2, 0) is 9.78 Å². The van der Waals surface area contributed by atoms with Crippen LogP contribution >= 0.6 is 0 Å². The Labute approximate surface area is 84.0 Å². The van der Waals surface area contributed by atoms with Crippen LogP contribution in [0, 0.1) is 0 Å². The lowest BCUT2D eigenvalue weighted by atomic mass is 10.3. The average molecular weight is 209 g/mol. The number of hydrogen-bond acceptors (Lipinski definition) is 6. The molecular weight excluding hydrogens is 202 g/mol. The van der Waals surface area contributed by atoms with Gasteiger partial charge in [-0.15, -0.1) is 5.10 Å². The van der Waals surface area contributed by atoms with Gasteiger partial charge in [0.15, 0.2) is 0 Å². The minimum absolute atomic E-state index is 0.561. The number of rotatable bonds is 2. The van der Waals surface area contributed by atoms with Gasteiger partial charge in [0.1, 0.15) is 11.0 Å². The molecule has 1 heterocycles. The molecule has 0 radical (unpaired) electrons. The summed E-state index contributed by atoms with van der Waals surface area (Å²) >= 11 is 0. The molecule has 7 heteroatoms. The summed E-state index contributed by atoms with van der Waals surface area (Å²) in [6.07, 6.45) is -1.02. The summed E-state index contributed by atoms with van der Waals surface area (Å²) in [5.41, 5.74) is 1.17. The number of hydrogen-bond donors (Lipinski definition) is 0. The Balaban J connectivity index is 2.25. The van der Waals surface area contributed by atoms with E-state index in [-0.39, 0.29) is 0 Å². The fourth-order valence-corrected chi connectivity index (χ4v) is 1.07. The molecule has 0 fully saturated rings. The van der Waals surface area contributed by atoms with Crippen molar-refractivity contribution in [3.63, 3.8) is 0 Å². The number of carbonyl (C=O) groups excluding carboxylic acids is 1. The van der Waals surface area contributed by atoms with Crippen LogP contribution in [0.25, 0.3) is 11.0 Å². The van der Waals surface area contributed by atoms with Crippen molar-refractivity contribution in [1.82, 2.24) is 15.2 Å². The predicted molar refractivity (Wildman–Crippen MR) is 47.6 cm³/mol. The molecule has 0 aliphatic carbocycles. The van der Waals surface area contributed by atoms with Gasteiger partial charge in [-0.2, -0.15) is 9.68 Å². The molecule has 2 rings (SSSR count). The molecule has 78 valence electrons. The number of benzene rings is 1. The summed E-state index contributed by atoms with van der Waals surface area (Å²) in [5.74, 6) is 0. The molecule has 2 aromatic rings. The lowest BCUT2D eigenvalue weighted by Gasteiger charge is -2.00. The molecule has 0 atom stereocenters. The van der Waals surface area contributed by atoms with Crippen LogP contribution in [-0.4, -0.2) is 28.4 Å². The Morgan fingerprint density at radius 1 is 1.40 bits per heavy atom. The van der Waals surface area contributed by atoms with Crippen LogP contribution in [0.15, 0.2) is 24.3 Å². The molecule has 0 amide bonds. The number of aromatic nitrogens is 3. The summed E-state index contributed by atoms with van der Waals surface area (Å²) in [7, 11) is 1.20. The molecule has 7 nitrogen and oxygen atoms in total. The summed E-state index contributed by atoms with van der Waals surface area (Å²) in [4.78, 5) is 24.8. The molecule has 0 saturated heterocycles. The molecule has 15 heavy (non-hydrogen) atoms. The number of nitrogens with zero attached hydrogens (tertiary/aromatic N) is 3. The maximum absolute atomic E-state index is 10.9. The Hall–Kier alpha value is -2.15. The zero-order valence-corrected chi connectivity index (χ0v) is 7.78. The molecule has 0 saturated carbocycles. The van der Waals surface area contributed by atoms with E-state index < -0.39 is 6.16 Å². The molecule has 0 aliphatic heterocycles. The van der Waals surface area contributed by atoms with Crippen LogP contribution in [0.4, 0.5) is 4.79 Å². The predicted octanol–water partition coefficient (Wildman–Crippen LogP) is 0.558. The van der Waals surface area contributed by atoms with E-state index >= 15 is 0 Å². The van der Waals surface area contributed by atoms with Gasteiger partial charge < -0.3 is 0 Å². The van der Waals surface area contributed by atoms with Crippen molar-refractivity contribution in [1.29, 1.82) is 0 Å². The van der Waals surface area contributed by atoms with Gasteiger partial charge in [-0.25, -0.2) is 0 Å². The third kappa shape index (κ3) is 1.86. The molecule has 1 aromatic carbocycles. The zero-order chi connectivity index (χ0) is 10.7. The lowest BCUT2D eigenvalue weighted by Crippen LogP contribution is -2.21. The van der Waals surface area contributed by atoms with Crippen molar-refractivity contribution in [2.24, 2.45) is 0 Å². The van der Waals surface area contributed by atoms with Crippen molar-refractivity contribution in [2.45, 2.75) is 0 Å². The van der Waals surface area contributed by atoms with Gasteiger partial charge in [0.25, 0.3) is 0 Å². The second-order valence-corrected chi connectivity index (χ2v) is 2.54. The zero-order valence-electron chi connectivity index (χ0n) is 7.78. The van der Waals surface area contributed by atoms with Crippen LogP contribution < -0.4 is 4.84 Å². The first kappa shape index (κ1) is 9.41. The smallest absolute Gasteiger partial charge is 0.279 e. The highest BCUT2D eigenvalue weighted by molar-refractivity contribution is 5.74. The van der Waals surface area contributed by atoms with E-state index in [4.69, 9.17) is 0 Å². The Morgan fingerprint density at radius 2 is 2.20 bits per heavy atom. The fraction of sp³-hybridized carbons (Fsp3) is 0.125. The Morgan fingerprint density at radius 3 is 3.00 bits per heavy atom. The van der Waals surface area contributed by atoms with E-state index in [1.165, 1.54) is 7.11 Å². The minimum Gasteiger partial charge on any atom is -0.279 e. The third-order valence-electron chi connectivity index (χ3n) is 1.63. The Bertz CT molecular complexity index is 481. The lowest BCUT2D eigenvalue weighted by molar-refractivity contribution is -0.232. The van der Waals surface area contributed by atoms with Crippen molar-refractivity contribution in [2.75, 3.05) is 7.11 Å². The van der Waals surface area contributed by atoms with Gasteiger partial charge in [0, 0.05) is 0 Å². The SMILES string of the molecule is COOC(=O)On1nnc2ccccc21. The maximum atomic E-state index is 10.9. The first-order valence-corrected chi connectivity index (χ1v) is 4.04. The van der Waals surface area contributed by atoms with Crippen molar-refractivity contribution >= 4 is 17.2 Å². The highest BCUT2D eigenvalue weighted by Gasteiger charge is 2.10. The van der Waals surface area contributed by atoms with Crippen molar-refractivity contribution in [3.05, 3.63) is 24.3 Å². The summed E-state index contributed by atoms with van der Waals surface area (Å²) in [6.45, 7) is 0. The molecule has 1 aromatic heterocycles. The quantitative estimate of drug-likeness (QED) is 0.408. The highest BCUT2D eigenvalue weighted by Crippen LogP contribution is 2.07. The van der Waals surface area contributed by atoms with Crippen LogP contribution in [0.5, 0.6) is 0 Å². The van der Waals surface area contributed by atoms with Gasteiger partial charge in [-0.05, 0) is 17.3 Å². The molecule has 0 N–H and O–H groups in total. The molecule has 0 bridgehead atoms. The van der Waals surface area contributed by atoms with E-state index in [9.17, 15) is 4.79 Å². The van der Waals surface area contributed by atoms with Crippen LogP contribution in [0.3, 0.4) is 0 Å². The first-order valence-electron chi connectivity index (χ1n) is 4.04. The molecule has 0 spiro atoms. The van der Waals surface area contributed by atoms with E-state index in [1.54, 1.807) is 24.3 Å². The average Bonchev–Trinajstić information content (AvgIpc) is 2.62. The van der Waals surface area contributed by atoms with E-state index in [0.29, 0.717) is 11.0 Å². The monoisotopic (exact) mass is 209 g/mol. The van der Waals surface area contributed by atoms with E-state index in [2.05, 4.69) is 24.9 Å². The second-order valence-electron chi connectivity index (χ2n) is 2.54. The summed E-state index contributed by atoms with van der Waals surface area (Å²) in [5, 5.41) is 7.38. The number of fused-ring (bicyclic) bond motifs is 1. The largest absolute Gasteiger partial charge is 0.567 e. The van der Waals surface area contributed by atoms with Gasteiger partial charge in [0.05, 0.1) is 7.11 Å². The van der Waals surface area contributed by atoms with Gasteiger partial charge in [-0.1, -0.05) is 17.0 Å². The second kappa shape index (κ2) is 3.93. The topological polar surface area (TPSA) is 75.5 Å². The number of carbonyl (C=O) groups is 1. The molecule has 0 aliphatic rings. The van der Waals surface area contributed by atoms with Gasteiger partial charge in [0.2, 0.25) is 0 Å². The minimum atomic E-state index is -1.02. The highest BCUT2D eigenvalue weighted by atomic mass is 17.2. The first-order chi connectivity index (χ1) is 7.31. The van der Waals surface area contributed by atoms with Crippen molar-refractivity contribution in [3.8, 4) is 0 Å². The summed E-state index contributed by atoms with van der Waals surface area (Å²) in [6, 6.07) is 7.02. The molecular formula is C8H7N3O4. The van der Waals surface area contributed by atoms with Gasteiger partial charge in [-0.3, -0.25) is 9.73 Å².